The zero-order chi connectivity index (χ0) is 21.4. The van der Waals surface area contributed by atoms with Gasteiger partial charge >= 0.3 is 0 Å². The van der Waals surface area contributed by atoms with E-state index in [1.54, 1.807) is 18.2 Å². The first kappa shape index (κ1) is 20.3. The third kappa shape index (κ3) is 2.63. The molecule has 1 aliphatic rings. The van der Waals surface area contributed by atoms with Crippen LogP contribution in [0.2, 0.25) is 0 Å². The molecule has 0 radical (unpaired) electrons. The summed E-state index contributed by atoms with van der Waals surface area (Å²) in [6.45, 7) is 0. The van der Waals surface area contributed by atoms with Crippen molar-refractivity contribution in [3.8, 4) is 5.75 Å². The molecule has 1 atom stereocenters. The van der Waals surface area contributed by atoms with E-state index < -0.39 is 15.9 Å². The Kier molecular flexibility index (Phi) is 4.70. The molecular formula is C22H9Br4NO3. The van der Waals surface area contributed by atoms with Crippen LogP contribution in [0.25, 0.3) is 21.7 Å². The Balaban J connectivity index is 1.81. The van der Waals surface area contributed by atoms with Gasteiger partial charge in [0.25, 0.3) is 0 Å². The maximum Gasteiger partial charge on any atom is 0.196 e. The van der Waals surface area contributed by atoms with Crippen LogP contribution in [0.1, 0.15) is 26.4 Å². The lowest BCUT2D eigenvalue weighted by molar-refractivity contribution is 0.0866. The van der Waals surface area contributed by atoms with E-state index in [4.69, 9.17) is 0 Å². The summed E-state index contributed by atoms with van der Waals surface area (Å²) < 4.78 is 0.315. The molecule has 1 aromatic heterocycles. The Bertz CT molecular complexity index is 1450. The van der Waals surface area contributed by atoms with E-state index in [0.29, 0.717) is 15.4 Å². The number of Topliss-reactive ketones (excluding diaryl/α,β-unsaturated/α-hetero) is 2. The van der Waals surface area contributed by atoms with Gasteiger partial charge in [-0.15, -0.1) is 0 Å². The number of aromatic hydroxyl groups is 1. The minimum atomic E-state index is -1.80. The quantitative estimate of drug-likeness (QED) is 0.177. The van der Waals surface area contributed by atoms with Crippen molar-refractivity contribution in [2.75, 3.05) is 0 Å². The number of halogens is 4. The highest BCUT2D eigenvalue weighted by molar-refractivity contribution is 9.13. The number of para-hydroxylation sites is 1. The molecule has 4 nitrogen and oxygen atoms in total. The number of carbonyl (C=O) groups is 2. The van der Waals surface area contributed by atoms with Crippen molar-refractivity contribution < 1.29 is 14.7 Å². The SMILES string of the molecule is O=C1c2cc3ccc(Br)c(Br)c3c(Br)c2C(=O)C1(Br)c1nc2ccccc2cc1O. The first-order chi connectivity index (χ1) is 14.2. The van der Waals surface area contributed by atoms with Gasteiger partial charge in [0, 0.05) is 35.3 Å². The summed E-state index contributed by atoms with van der Waals surface area (Å²) in [5.41, 5.74) is 1.11. The summed E-state index contributed by atoms with van der Waals surface area (Å²) in [5, 5.41) is 12.9. The van der Waals surface area contributed by atoms with Gasteiger partial charge in [0.1, 0.15) is 11.4 Å². The van der Waals surface area contributed by atoms with Gasteiger partial charge in [-0.3, -0.25) is 9.59 Å². The lowest BCUT2D eigenvalue weighted by atomic mass is 9.97. The summed E-state index contributed by atoms with van der Waals surface area (Å²) in [6.07, 6.45) is 0. The number of rotatable bonds is 1. The second-order valence-electron chi connectivity index (χ2n) is 6.94. The number of benzene rings is 3. The summed E-state index contributed by atoms with van der Waals surface area (Å²) in [6, 6.07) is 14.2. The highest BCUT2D eigenvalue weighted by Crippen LogP contribution is 2.51. The van der Waals surface area contributed by atoms with Crippen molar-refractivity contribution in [3.05, 3.63) is 78.8 Å². The van der Waals surface area contributed by atoms with Crippen molar-refractivity contribution in [1.29, 1.82) is 0 Å². The van der Waals surface area contributed by atoms with E-state index in [0.717, 1.165) is 19.7 Å². The van der Waals surface area contributed by atoms with E-state index in [-0.39, 0.29) is 22.6 Å². The maximum atomic E-state index is 13.6. The minimum absolute atomic E-state index is 0.0106. The van der Waals surface area contributed by atoms with Crippen LogP contribution in [0, 0.1) is 0 Å². The molecule has 1 aliphatic carbocycles. The van der Waals surface area contributed by atoms with Crippen LogP contribution < -0.4 is 0 Å². The lowest BCUT2D eigenvalue weighted by Gasteiger charge is -2.19. The fraction of sp³-hybridized carbons (Fsp3) is 0.0455. The van der Waals surface area contributed by atoms with Crippen molar-refractivity contribution in [1.82, 2.24) is 4.98 Å². The Labute approximate surface area is 204 Å². The summed E-state index contributed by atoms with van der Waals surface area (Å²) in [5.74, 6) is -1.15. The van der Waals surface area contributed by atoms with E-state index in [1.807, 2.05) is 24.3 Å². The highest BCUT2D eigenvalue weighted by atomic mass is 79.9. The number of ketones is 2. The van der Waals surface area contributed by atoms with Gasteiger partial charge in [-0.2, -0.15) is 0 Å². The molecular weight excluding hydrogens is 646 g/mol. The number of alkyl halides is 1. The molecule has 0 bridgehead atoms. The fourth-order valence-electron chi connectivity index (χ4n) is 3.82. The monoisotopic (exact) mass is 651 g/mol. The number of carbonyl (C=O) groups excluding carboxylic acids is 2. The zero-order valence-corrected chi connectivity index (χ0v) is 21.2. The van der Waals surface area contributed by atoms with E-state index in [1.165, 1.54) is 6.07 Å². The van der Waals surface area contributed by atoms with Crippen LogP contribution in [-0.2, 0) is 4.32 Å². The number of aromatic nitrogens is 1. The van der Waals surface area contributed by atoms with Gasteiger partial charge in [0.15, 0.2) is 15.9 Å². The third-order valence-corrected chi connectivity index (χ3v) is 9.17. The van der Waals surface area contributed by atoms with Gasteiger partial charge in [0.05, 0.1) is 5.52 Å². The molecule has 4 aromatic rings. The van der Waals surface area contributed by atoms with Gasteiger partial charge in [-0.1, -0.05) is 40.2 Å². The van der Waals surface area contributed by atoms with E-state index in [9.17, 15) is 14.7 Å². The molecule has 148 valence electrons. The van der Waals surface area contributed by atoms with Crippen molar-refractivity contribution in [3.63, 3.8) is 0 Å². The maximum absolute atomic E-state index is 13.6. The van der Waals surface area contributed by atoms with Gasteiger partial charge in [0.2, 0.25) is 0 Å². The second-order valence-corrected chi connectivity index (χ2v) is 10.6. The number of pyridine rings is 1. The van der Waals surface area contributed by atoms with Gasteiger partial charge in [-0.25, -0.2) is 4.98 Å². The lowest BCUT2D eigenvalue weighted by Crippen LogP contribution is -2.32. The Hall–Kier alpha value is -1.61. The average molecular weight is 655 g/mol. The highest BCUT2D eigenvalue weighted by Gasteiger charge is 2.56. The van der Waals surface area contributed by atoms with Crippen LogP contribution in [0.4, 0.5) is 0 Å². The Morgan fingerprint density at radius 3 is 2.37 bits per heavy atom. The molecule has 1 heterocycles. The number of hydrogen-bond acceptors (Lipinski definition) is 4. The molecule has 0 spiro atoms. The molecule has 0 saturated heterocycles. The van der Waals surface area contributed by atoms with Crippen LogP contribution >= 0.6 is 63.7 Å². The molecule has 3 aromatic carbocycles. The van der Waals surface area contributed by atoms with Gasteiger partial charge in [-0.05, 0) is 77.4 Å². The first-order valence-electron chi connectivity index (χ1n) is 8.73. The minimum Gasteiger partial charge on any atom is -0.506 e. The molecule has 1 unspecified atom stereocenters. The van der Waals surface area contributed by atoms with Crippen molar-refractivity contribution in [2.24, 2.45) is 0 Å². The first-order valence-corrected chi connectivity index (χ1v) is 11.9. The second kappa shape index (κ2) is 6.95. The molecule has 0 fully saturated rings. The topological polar surface area (TPSA) is 67.3 Å². The predicted molar refractivity (Wildman–Crippen MR) is 130 cm³/mol. The summed E-state index contributed by atoms with van der Waals surface area (Å²) in [7, 11) is 0. The Morgan fingerprint density at radius 2 is 1.60 bits per heavy atom. The number of nitrogens with zero attached hydrogens (tertiary/aromatic N) is 1. The normalized spacial score (nSPS) is 18.4. The molecule has 0 aliphatic heterocycles. The molecule has 0 amide bonds. The van der Waals surface area contributed by atoms with Crippen LogP contribution in [0.3, 0.4) is 0 Å². The number of hydrogen-bond donors (Lipinski definition) is 1. The largest absolute Gasteiger partial charge is 0.506 e. The standard InChI is InChI=1S/C22H9Br4NO3/c23-12-6-5-10-7-11-16(18(25)15(10)17(12)24)21(30)22(26,20(11)29)19-14(28)8-9-3-1-2-4-13(9)27-19/h1-8,28H. The smallest absolute Gasteiger partial charge is 0.196 e. The summed E-state index contributed by atoms with van der Waals surface area (Å²) >= 11 is 13.9. The molecule has 8 heteroatoms. The zero-order valence-electron chi connectivity index (χ0n) is 14.8. The summed E-state index contributed by atoms with van der Waals surface area (Å²) in [4.78, 5) is 31.6. The predicted octanol–water partition coefficient (Wildman–Crippen LogP) is 7.05. The van der Waals surface area contributed by atoms with Crippen LogP contribution in [0.15, 0.2) is 61.9 Å². The van der Waals surface area contributed by atoms with Crippen molar-refractivity contribution >= 4 is 97.0 Å². The van der Waals surface area contributed by atoms with E-state index >= 15 is 0 Å². The van der Waals surface area contributed by atoms with E-state index in [2.05, 4.69) is 68.7 Å². The van der Waals surface area contributed by atoms with Crippen molar-refractivity contribution in [2.45, 2.75) is 4.32 Å². The fourth-order valence-corrected chi connectivity index (χ4v) is 6.50. The van der Waals surface area contributed by atoms with Gasteiger partial charge < -0.3 is 5.11 Å². The van der Waals surface area contributed by atoms with Crippen LogP contribution in [-0.4, -0.2) is 21.7 Å². The number of fused-ring (bicyclic) bond motifs is 3. The Morgan fingerprint density at radius 1 is 0.867 bits per heavy atom. The average Bonchev–Trinajstić information content (AvgIpc) is 2.92. The third-order valence-electron chi connectivity index (χ3n) is 5.26. The molecule has 5 rings (SSSR count). The van der Waals surface area contributed by atoms with Crippen LogP contribution in [0.5, 0.6) is 5.75 Å². The molecule has 30 heavy (non-hydrogen) atoms. The molecule has 1 N–H and O–H groups in total. The molecule has 0 saturated carbocycles.